The second-order valence-corrected chi connectivity index (χ2v) is 6.99. The molecule has 1 aromatic heterocycles. The van der Waals surface area contributed by atoms with Crippen molar-refractivity contribution in [3.8, 4) is 12.3 Å². The molecule has 0 aromatic carbocycles. The van der Waals surface area contributed by atoms with Crippen molar-refractivity contribution in [3.05, 3.63) is 12.2 Å². The number of terminal acetylenes is 1. The highest BCUT2D eigenvalue weighted by atomic mass is 16.3. The molecule has 0 bridgehead atoms. The summed E-state index contributed by atoms with van der Waals surface area (Å²) in [5.74, 6) is 3.65. The van der Waals surface area contributed by atoms with Crippen molar-refractivity contribution in [1.29, 1.82) is 0 Å². The van der Waals surface area contributed by atoms with E-state index in [1.165, 1.54) is 0 Å². The highest BCUT2D eigenvalue weighted by Crippen LogP contribution is 2.38. The van der Waals surface area contributed by atoms with Gasteiger partial charge >= 0.3 is 0 Å². The number of carbonyl (C=O) groups is 1. The smallest absolute Gasteiger partial charge is 0.220 e. The maximum absolute atomic E-state index is 12.1. The van der Waals surface area contributed by atoms with Gasteiger partial charge in [-0.15, -0.1) is 22.5 Å². The number of aromatic nitrogens is 3. The Labute approximate surface area is 147 Å². The highest BCUT2D eigenvalue weighted by molar-refractivity contribution is 5.76. The Hall–Kier alpha value is -2.27. The summed E-state index contributed by atoms with van der Waals surface area (Å²) in [6.07, 6.45) is 10.2. The molecule has 1 saturated carbocycles. The summed E-state index contributed by atoms with van der Waals surface area (Å²) in [4.78, 5) is 12.1. The van der Waals surface area contributed by atoms with E-state index in [0.717, 1.165) is 12.2 Å². The number of nitrogens with zero attached hydrogens (tertiary/aromatic N) is 5. The van der Waals surface area contributed by atoms with E-state index < -0.39 is 11.8 Å². The van der Waals surface area contributed by atoms with Gasteiger partial charge < -0.3 is 15.0 Å². The van der Waals surface area contributed by atoms with Crippen LogP contribution in [0, 0.1) is 18.3 Å². The number of hydrogen-bond acceptors (Lipinski definition) is 6. The first-order valence-corrected chi connectivity index (χ1v) is 8.69. The van der Waals surface area contributed by atoms with Crippen molar-refractivity contribution in [2.45, 2.75) is 56.2 Å². The van der Waals surface area contributed by atoms with Gasteiger partial charge in [-0.25, -0.2) is 0 Å². The van der Waals surface area contributed by atoms with E-state index in [-0.39, 0.29) is 17.7 Å². The van der Waals surface area contributed by atoms with Crippen molar-refractivity contribution in [1.82, 2.24) is 20.1 Å². The van der Waals surface area contributed by atoms with Crippen LogP contribution in [0.4, 0.5) is 0 Å². The van der Waals surface area contributed by atoms with E-state index in [1.54, 1.807) is 6.33 Å². The van der Waals surface area contributed by atoms with Crippen molar-refractivity contribution in [2.75, 3.05) is 6.54 Å². The highest BCUT2D eigenvalue weighted by Gasteiger charge is 2.39. The summed E-state index contributed by atoms with van der Waals surface area (Å²) < 4.78 is 1.89. The molecule has 8 heteroatoms. The molecule has 1 aromatic rings. The molecule has 2 N–H and O–H groups in total. The van der Waals surface area contributed by atoms with Gasteiger partial charge in [0.05, 0.1) is 6.10 Å². The molecule has 2 heterocycles. The van der Waals surface area contributed by atoms with Gasteiger partial charge in [-0.3, -0.25) is 4.79 Å². The third-order valence-corrected chi connectivity index (χ3v) is 5.14. The SMILES string of the molecule is C#CCCC1(CCC(=O)NC[C@H]2C[C@H](c3nncn3C)C[C@H]2O)N=N1. The van der Waals surface area contributed by atoms with E-state index in [4.69, 9.17) is 6.42 Å². The molecule has 3 atom stereocenters. The van der Waals surface area contributed by atoms with Crippen LogP contribution in [0.25, 0.3) is 0 Å². The van der Waals surface area contributed by atoms with Crippen LogP contribution >= 0.6 is 0 Å². The van der Waals surface area contributed by atoms with Crippen molar-refractivity contribution >= 4 is 5.91 Å². The molecular weight excluding hydrogens is 320 g/mol. The van der Waals surface area contributed by atoms with Gasteiger partial charge in [-0.2, -0.15) is 10.2 Å². The molecular formula is C17H24N6O2. The lowest BCUT2D eigenvalue weighted by molar-refractivity contribution is -0.121. The minimum absolute atomic E-state index is 0.0355. The fourth-order valence-electron chi connectivity index (χ4n) is 3.51. The number of aliphatic hydroxyl groups is 1. The second kappa shape index (κ2) is 7.31. The Bertz CT molecular complexity index is 686. The Morgan fingerprint density at radius 2 is 2.28 bits per heavy atom. The molecule has 1 aliphatic carbocycles. The van der Waals surface area contributed by atoms with E-state index in [9.17, 15) is 9.90 Å². The van der Waals surface area contributed by atoms with Crippen molar-refractivity contribution in [3.63, 3.8) is 0 Å². The molecule has 0 spiro atoms. The fraction of sp³-hybridized carbons (Fsp3) is 0.706. The number of aliphatic hydroxyl groups excluding tert-OH is 1. The van der Waals surface area contributed by atoms with Crippen LogP contribution in [0.15, 0.2) is 16.6 Å². The lowest BCUT2D eigenvalue weighted by Gasteiger charge is -2.15. The van der Waals surface area contributed by atoms with Crippen LogP contribution in [-0.4, -0.2) is 44.1 Å². The van der Waals surface area contributed by atoms with Gasteiger partial charge in [-0.05, 0) is 12.8 Å². The first-order chi connectivity index (χ1) is 12.0. The van der Waals surface area contributed by atoms with Gasteiger partial charge in [0.1, 0.15) is 12.2 Å². The maximum atomic E-state index is 12.1. The maximum Gasteiger partial charge on any atom is 0.220 e. The number of carbonyl (C=O) groups excluding carboxylic acids is 1. The molecule has 1 amide bonds. The lowest BCUT2D eigenvalue weighted by atomic mass is 10.0. The predicted molar refractivity (Wildman–Crippen MR) is 90.4 cm³/mol. The average Bonchev–Trinajstić information content (AvgIpc) is 3.09. The van der Waals surface area contributed by atoms with Gasteiger partial charge in [0, 0.05) is 51.1 Å². The molecule has 1 fully saturated rings. The molecule has 2 aliphatic rings. The quantitative estimate of drug-likeness (QED) is 0.690. The second-order valence-electron chi connectivity index (χ2n) is 6.99. The predicted octanol–water partition coefficient (Wildman–Crippen LogP) is 1.14. The Balaban J connectivity index is 1.40. The molecule has 0 unspecified atom stereocenters. The normalized spacial score (nSPS) is 26.4. The van der Waals surface area contributed by atoms with Crippen LogP contribution < -0.4 is 5.32 Å². The largest absolute Gasteiger partial charge is 0.393 e. The van der Waals surface area contributed by atoms with Gasteiger partial charge in [0.2, 0.25) is 5.91 Å². The van der Waals surface area contributed by atoms with Crippen molar-refractivity contribution in [2.24, 2.45) is 23.2 Å². The summed E-state index contributed by atoms with van der Waals surface area (Å²) in [7, 11) is 1.90. The minimum atomic E-state index is -0.433. The third kappa shape index (κ3) is 4.23. The number of amides is 1. The van der Waals surface area contributed by atoms with Crippen molar-refractivity contribution < 1.29 is 9.90 Å². The first-order valence-electron chi connectivity index (χ1n) is 8.69. The standard InChI is InChI=1S/C17H24N6O2/c1-3-4-6-17(21-22-17)7-5-15(25)18-10-13-8-12(9-14(13)24)16-20-19-11-23(16)2/h1,11-14,24H,4-10H2,2H3,(H,18,25)/t12-,13+,14+/m0/s1. The van der Waals surface area contributed by atoms with Gasteiger partial charge in [0.25, 0.3) is 0 Å². The number of rotatable bonds is 8. The summed E-state index contributed by atoms with van der Waals surface area (Å²) in [6.45, 7) is 0.472. The zero-order chi connectivity index (χ0) is 17.9. The summed E-state index contributed by atoms with van der Waals surface area (Å²) in [6, 6.07) is 0. The van der Waals surface area contributed by atoms with Gasteiger partial charge in [-0.1, -0.05) is 0 Å². The molecule has 134 valence electrons. The fourth-order valence-corrected chi connectivity index (χ4v) is 3.51. The Kier molecular flexibility index (Phi) is 5.13. The number of aryl methyl sites for hydroxylation is 1. The summed E-state index contributed by atoms with van der Waals surface area (Å²) in [5.41, 5.74) is -0.424. The summed E-state index contributed by atoms with van der Waals surface area (Å²) >= 11 is 0. The average molecular weight is 344 g/mol. The molecule has 25 heavy (non-hydrogen) atoms. The molecule has 0 radical (unpaired) electrons. The topological polar surface area (TPSA) is 105 Å². The zero-order valence-corrected chi connectivity index (χ0v) is 14.4. The number of nitrogens with one attached hydrogen (secondary N) is 1. The van der Waals surface area contributed by atoms with E-state index in [0.29, 0.717) is 38.6 Å². The van der Waals surface area contributed by atoms with Gasteiger partial charge in [0.15, 0.2) is 5.66 Å². The van der Waals surface area contributed by atoms with Crippen LogP contribution in [0.3, 0.4) is 0 Å². The molecule has 8 nitrogen and oxygen atoms in total. The summed E-state index contributed by atoms with van der Waals surface area (Å²) in [5, 5.41) is 29.3. The lowest BCUT2D eigenvalue weighted by Crippen LogP contribution is -2.33. The molecule has 3 rings (SSSR count). The van der Waals surface area contributed by atoms with E-state index in [2.05, 4.69) is 31.7 Å². The molecule has 0 saturated heterocycles. The molecule has 1 aliphatic heterocycles. The first kappa shape index (κ1) is 17.5. The van der Waals surface area contributed by atoms with Crippen LogP contribution in [0.5, 0.6) is 0 Å². The van der Waals surface area contributed by atoms with Crippen LogP contribution in [0.1, 0.15) is 50.3 Å². The Morgan fingerprint density at radius 1 is 1.48 bits per heavy atom. The van der Waals surface area contributed by atoms with Crippen LogP contribution in [-0.2, 0) is 11.8 Å². The number of hydrogen-bond donors (Lipinski definition) is 2. The Morgan fingerprint density at radius 3 is 2.92 bits per heavy atom. The zero-order valence-electron chi connectivity index (χ0n) is 14.4. The monoisotopic (exact) mass is 344 g/mol. The third-order valence-electron chi connectivity index (χ3n) is 5.14. The van der Waals surface area contributed by atoms with Crippen LogP contribution in [0.2, 0.25) is 0 Å². The van der Waals surface area contributed by atoms with E-state index >= 15 is 0 Å². The van der Waals surface area contributed by atoms with E-state index in [1.807, 2.05) is 11.6 Å². The minimum Gasteiger partial charge on any atom is -0.393 e.